The fourth-order valence-electron chi connectivity index (χ4n) is 1.82. The molecule has 1 rings (SSSR count). The fourth-order valence-corrected chi connectivity index (χ4v) is 1.82. The van der Waals surface area contributed by atoms with Gasteiger partial charge in [-0.2, -0.15) is 13.2 Å². The largest absolute Gasteiger partial charge is 0.471 e. The molecule has 0 N–H and O–H groups in total. The molecule has 4 nitrogen and oxygen atoms in total. The third-order valence-electron chi connectivity index (χ3n) is 2.91. The number of amides is 2. The van der Waals surface area contributed by atoms with Gasteiger partial charge in [-0.3, -0.25) is 9.59 Å². The van der Waals surface area contributed by atoms with E-state index in [0.717, 1.165) is 17.7 Å². The van der Waals surface area contributed by atoms with Gasteiger partial charge in [-0.05, 0) is 6.42 Å². The Morgan fingerprint density at radius 2 is 1.56 bits per heavy atom. The molecule has 7 heteroatoms. The van der Waals surface area contributed by atoms with Crippen molar-refractivity contribution in [2.24, 2.45) is 0 Å². The molecule has 1 heterocycles. The molecule has 18 heavy (non-hydrogen) atoms. The van der Waals surface area contributed by atoms with E-state index < -0.39 is 12.1 Å². The predicted molar refractivity (Wildman–Crippen MR) is 58.7 cm³/mol. The first-order valence-corrected chi connectivity index (χ1v) is 6.00. The molecule has 0 atom stereocenters. The Hall–Kier alpha value is -1.27. The van der Waals surface area contributed by atoms with Crippen molar-refractivity contribution in [2.75, 3.05) is 26.2 Å². The van der Waals surface area contributed by atoms with Crippen LogP contribution in [0.15, 0.2) is 0 Å². The first kappa shape index (κ1) is 14.8. The van der Waals surface area contributed by atoms with Crippen LogP contribution in [-0.4, -0.2) is 54.0 Å². The van der Waals surface area contributed by atoms with E-state index in [9.17, 15) is 22.8 Å². The number of carbonyl (C=O) groups is 2. The van der Waals surface area contributed by atoms with E-state index in [4.69, 9.17) is 0 Å². The molecule has 1 aliphatic rings. The monoisotopic (exact) mass is 266 g/mol. The van der Waals surface area contributed by atoms with Gasteiger partial charge in [0.2, 0.25) is 5.91 Å². The van der Waals surface area contributed by atoms with E-state index in [-0.39, 0.29) is 32.1 Å². The van der Waals surface area contributed by atoms with Crippen LogP contribution in [0.25, 0.3) is 0 Å². The number of nitrogens with zero attached hydrogens (tertiary/aromatic N) is 2. The minimum Gasteiger partial charge on any atom is -0.339 e. The van der Waals surface area contributed by atoms with Gasteiger partial charge in [0.05, 0.1) is 0 Å². The number of rotatable bonds is 3. The van der Waals surface area contributed by atoms with Crippen molar-refractivity contribution in [3.8, 4) is 0 Å². The van der Waals surface area contributed by atoms with E-state index in [1.807, 2.05) is 6.92 Å². The molecule has 1 aliphatic heterocycles. The molecule has 0 aromatic carbocycles. The summed E-state index contributed by atoms with van der Waals surface area (Å²) in [7, 11) is 0. The van der Waals surface area contributed by atoms with Crippen molar-refractivity contribution in [2.45, 2.75) is 32.4 Å². The van der Waals surface area contributed by atoms with E-state index in [1.165, 1.54) is 4.90 Å². The second kappa shape index (κ2) is 6.06. The Morgan fingerprint density at radius 1 is 1.06 bits per heavy atom. The minimum atomic E-state index is -4.83. The van der Waals surface area contributed by atoms with Crippen LogP contribution in [-0.2, 0) is 9.59 Å². The highest BCUT2D eigenvalue weighted by Gasteiger charge is 2.43. The van der Waals surface area contributed by atoms with Gasteiger partial charge in [-0.25, -0.2) is 0 Å². The molecule has 0 unspecified atom stereocenters. The SMILES string of the molecule is CCCCC(=O)N1CCN(C(=O)C(F)(F)F)CC1. The van der Waals surface area contributed by atoms with Gasteiger partial charge in [0, 0.05) is 32.6 Å². The Labute approximate surface area is 104 Å². The molecule has 104 valence electrons. The number of unbranched alkanes of at least 4 members (excludes halogenated alkanes) is 1. The molecule has 1 saturated heterocycles. The molecule has 0 spiro atoms. The number of hydrogen-bond donors (Lipinski definition) is 0. The highest BCUT2D eigenvalue weighted by molar-refractivity contribution is 5.82. The topological polar surface area (TPSA) is 40.6 Å². The number of alkyl halides is 3. The summed E-state index contributed by atoms with van der Waals surface area (Å²) in [6, 6.07) is 0. The van der Waals surface area contributed by atoms with Gasteiger partial charge in [0.15, 0.2) is 0 Å². The smallest absolute Gasteiger partial charge is 0.339 e. The van der Waals surface area contributed by atoms with Crippen molar-refractivity contribution < 1.29 is 22.8 Å². The zero-order valence-corrected chi connectivity index (χ0v) is 10.3. The van der Waals surface area contributed by atoms with Crippen LogP contribution in [0, 0.1) is 0 Å². The summed E-state index contributed by atoms with van der Waals surface area (Å²) < 4.78 is 36.6. The zero-order chi connectivity index (χ0) is 13.8. The highest BCUT2D eigenvalue weighted by Crippen LogP contribution is 2.19. The maximum Gasteiger partial charge on any atom is 0.471 e. The third kappa shape index (κ3) is 3.89. The van der Waals surface area contributed by atoms with Crippen LogP contribution < -0.4 is 0 Å². The van der Waals surface area contributed by atoms with Gasteiger partial charge in [-0.1, -0.05) is 13.3 Å². The summed E-state index contributed by atoms with van der Waals surface area (Å²) in [6.07, 6.45) is -2.73. The van der Waals surface area contributed by atoms with Gasteiger partial charge in [-0.15, -0.1) is 0 Å². The molecule has 0 radical (unpaired) electrons. The summed E-state index contributed by atoms with van der Waals surface area (Å²) in [6.45, 7) is 2.24. The summed E-state index contributed by atoms with van der Waals surface area (Å²) in [5, 5.41) is 0. The van der Waals surface area contributed by atoms with E-state index in [1.54, 1.807) is 0 Å². The first-order valence-electron chi connectivity index (χ1n) is 6.00. The number of hydrogen-bond acceptors (Lipinski definition) is 2. The maximum absolute atomic E-state index is 12.2. The van der Waals surface area contributed by atoms with Crippen molar-refractivity contribution in [1.29, 1.82) is 0 Å². The molecular weight excluding hydrogens is 249 g/mol. The second-order valence-corrected chi connectivity index (χ2v) is 4.27. The lowest BCUT2D eigenvalue weighted by atomic mass is 10.2. The average molecular weight is 266 g/mol. The predicted octanol–water partition coefficient (Wildman–Crippen LogP) is 1.41. The molecule has 0 saturated carbocycles. The lowest BCUT2D eigenvalue weighted by molar-refractivity contribution is -0.187. The Morgan fingerprint density at radius 3 is 2.00 bits per heavy atom. The normalized spacial score (nSPS) is 16.9. The van der Waals surface area contributed by atoms with Crippen molar-refractivity contribution in [3.05, 3.63) is 0 Å². The Bertz CT molecular complexity index is 310. The molecule has 1 fully saturated rings. The highest BCUT2D eigenvalue weighted by atomic mass is 19.4. The van der Waals surface area contributed by atoms with Gasteiger partial charge in [0.25, 0.3) is 0 Å². The molecular formula is C11H17F3N2O2. The van der Waals surface area contributed by atoms with E-state index in [2.05, 4.69) is 0 Å². The molecule has 2 amide bonds. The molecule has 0 aliphatic carbocycles. The van der Waals surface area contributed by atoms with Crippen molar-refractivity contribution in [1.82, 2.24) is 9.80 Å². The zero-order valence-electron chi connectivity index (χ0n) is 10.3. The van der Waals surface area contributed by atoms with Crippen molar-refractivity contribution in [3.63, 3.8) is 0 Å². The Balaban J connectivity index is 2.41. The Kier molecular flexibility index (Phi) is 4.98. The lowest BCUT2D eigenvalue weighted by Gasteiger charge is -2.35. The quantitative estimate of drug-likeness (QED) is 0.775. The van der Waals surface area contributed by atoms with Gasteiger partial charge in [0.1, 0.15) is 0 Å². The average Bonchev–Trinajstić information content (AvgIpc) is 2.34. The molecule has 0 aromatic heterocycles. The summed E-state index contributed by atoms with van der Waals surface area (Å²) in [5.41, 5.74) is 0. The van der Waals surface area contributed by atoms with Crippen LogP contribution in [0.4, 0.5) is 13.2 Å². The van der Waals surface area contributed by atoms with Crippen LogP contribution in [0.2, 0.25) is 0 Å². The number of piperazine rings is 1. The second-order valence-electron chi connectivity index (χ2n) is 4.27. The maximum atomic E-state index is 12.2. The number of carbonyl (C=O) groups excluding carboxylic acids is 2. The minimum absolute atomic E-state index is 0.0454. The lowest BCUT2D eigenvalue weighted by Crippen LogP contribution is -2.53. The van der Waals surface area contributed by atoms with Crippen LogP contribution in [0.3, 0.4) is 0 Å². The standard InChI is InChI=1S/C11H17F3N2O2/c1-2-3-4-9(17)15-5-7-16(8-6-15)10(18)11(12,13)14/h2-8H2,1H3. The summed E-state index contributed by atoms with van der Waals surface area (Å²) >= 11 is 0. The van der Waals surface area contributed by atoms with Gasteiger partial charge < -0.3 is 9.80 Å². The summed E-state index contributed by atoms with van der Waals surface area (Å²) in [4.78, 5) is 24.9. The fraction of sp³-hybridized carbons (Fsp3) is 0.818. The van der Waals surface area contributed by atoms with Crippen LogP contribution in [0.5, 0.6) is 0 Å². The third-order valence-corrected chi connectivity index (χ3v) is 2.91. The van der Waals surface area contributed by atoms with Gasteiger partial charge >= 0.3 is 12.1 Å². The van der Waals surface area contributed by atoms with E-state index >= 15 is 0 Å². The molecule has 0 bridgehead atoms. The van der Waals surface area contributed by atoms with E-state index in [0.29, 0.717) is 6.42 Å². The van der Waals surface area contributed by atoms with Crippen molar-refractivity contribution >= 4 is 11.8 Å². The van der Waals surface area contributed by atoms with Crippen LogP contribution >= 0.6 is 0 Å². The molecule has 0 aromatic rings. The number of halogens is 3. The summed E-state index contributed by atoms with van der Waals surface area (Å²) in [5.74, 6) is -1.86. The van der Waals surface area contributed by atoms with Crippen LogP contribution in [0.1, 0.15) is 26.2 Å². The first-order chi connectivity index (χ1) is 8.36.